The number of Topliss-reactive ketones (excluding diaryl/α,β-unsaturated/α-hetero) is 1. The van der Waals surface area contributed by atoms with E-state index in [1.807, 2.05) is 0 Å². The minimum atomic E-state index is 0.0903. The molecule has 0 radical (unpaired) electrons. The Morgan fingerprint density at radius 2 is 2.23 bits per heavy atom. The third-order valence-electron chi connectivity index (χ3n) is 1.65. The summed E-state index contributed by atoms with van der Waals surface area (Å²) < 4.78 is 0. The first-order valence-corrected chi connectivity index (χ1v) is 5.25. The predicted octanol–water partition coefficient (Wildman–Crippen LogP) is 2.43. The van der Waals surface area contributed by atoms with Gasteiger partial charge in [-0.25, -0.2) is 0 Å². The lowest BCUT2D eigenvalue weighted by molar-refractivity contribution is -0.115. The van der Waals surface area contributed by atoms with Crippen molar-refractivity contribution in [3.63, 3.8) is 0 Å². The highest BCUT2D eigenvalue weighted by atomic mass is 79.9. The molecule has 0 fully saturated rings. The van der Waals surface area contributed by atoms with Crippen LogP contribution < -0.4 is 5.73 Å². The zero-order valence-electron chi connectivity index (χ0n) is 6.89. The molecule has 1 aromatic rings. The molecule has 0 atom stereocenters. The van der Waals surface area contributed by atoms with Gasteiger partial charge in [-0.15, -0.1) is 0 Å². The van der Waals surface area contributed by atoms with E-state index in [4.69, 9.17) is 17.3 Å². The van der Waals surface area contributed by atoms with E-state index in [1.165, 1.54) is 0 Å². The van der Waals surface area contributed by atoms with Crippen molar-refractivity contribution in [3.8, 4) is 0 Å². The van der Waals surface area contributed by atoms with Crippen LogP contribution in [0.5, 0.6) is 0 Å². The maximum absolute atomic E-state index is 11.1. The van der Waals surface area contributed by atoms with Crippen molar-refractivity contribution in [2.75, 3.05) is 11.1 Å². The van der Waals surface area contributed by atoms with Crippen molar-refractivity contribution in [3.05, 3.63) is 28.8 Å². The molecule has 13 heavy (non-hydrogen) atoms. The van der Waals surface area contributed by atoms with E-state index in [1.54, 1.807) is 18.2 Å². The summed E-state index contributed by atoms with van der Waals surface area (Å²) in [6, 6.07) is 5.31. The molecule has 0 aliphatic rings. The highest BCUT2D eigenvalue weighted by molar-refractivity contribution is 9.09. The molecule has 1 aromatic carbocycles. The van der Waals surface area contributed by atoms with E-state index in [9.17, 15) is 4.79 Å². The third-order valence-corrected chi connectivity index (χ3v) is 2.73. The van der Waals surface area contributed by atoms with Gasteiger partial charge >= 0.3 is 0 Å². The van der Waals surface area contributed by atoms with Crippen molar-refractivity contribution < 1.29 is 4.79 Å². The van der Waals surface area contributed by atoms with Crippen LogP contribution in [0, 0.1) is 0 Å². The molecule has 2 nitrogen and oxygen atoms in total. The van der Waals surface area contributed by atoms with Crippen molar-refractivity contribution in [1.29, 1.82) is 0 Å². The van der Waals surface area contributed by atoms with Crippen LogP contribution in [-0.4, -0.2) is 11.1 Å². The van der Waals surface area contributed by atoms with Crippen LogP contribution in [0.3, 0.4) is 0 Å². The van der Waals surface area contributed by atoms with Gasteiger partial charge in [0.2, 0.25) is 0 Å². The number of ketones is 1. The zero-order chi connectivity index (χ0) is 9.84. The molecular weight excluding hydrogens is 253 g/mol. The Bertz CT molecular complexity index is 327. The number of nitrogens with two attached hydrogens (primary N) is 1. The number of halogens is 2. The Balaban J connectivity index is 2.89. The normalized spacial score (nSPS) is 10.0. The number of hydrogen-bond donors (Lipinski definition) is 1. The van der Waals surface area contributed by atoms with Crippen LogP contribution in [0.1, 0.15) is 5.56 Å². The maximum atomic E-state index is 11.1. The van der Waals surface area contributed by atoms with Gasteiger partial charge in [0.05, 0.1) is 16.0 Å². The molecule has 0 amide bonds. The monoisotopic (exact) mass is 261 g/mol. The quantitative estimate of drug-likeness (QED) is 0.671. The standard InChI is InChI=1S/C9H9BrClNO/c10-5-7(13)4-6-2-1-3-8(12)9(6)11/h1-3H,4-5,12H2. The summed E-state index contributed by atoms with van der Waals surface area (Å²) in [7, 11) is 0. The molecule has 1 rings (SSSR count). The maximum Gasteiger partial charge on any atom is 0.147 e. The third kappa shape index (κ3) is 2.71. The van der Waals surface area contributed by atoms with Crippen molar-refractivity contribution in [1.82, 2.24) is 0 Å². The van der Waals surface area contributed by atoms with Gasteiger partial charge in [0.1, 0.15) is 5.78 Å². The molecule has 0 aliphatic carbocycles. The average Bonchev–Trinajstić information content (AvgIpc) is 2.13. The fourth-order valence-corrected chi connectivity index (χ4v) is 1.39. The minimum Gasteiger partial charge on any atom is -0.398 e. The van der Waals surface area contributed by atoms with Crippen LogP contribution in [0.25, 0.3) is 0 Å². The van der Waals surface area contributed by atoms with E-state index < -0.39 is 0 Å². The molecule has 70 valence electrons. The molecule has 0 aliphatic heterocycles. The topological polar surface area (TPSA) is 43.1 Å². The van der Waals surface area contributed by atoms with Gasteiger partial charge in [0, 0.05) is 6.42 Å². The second-order valence-corrected chi connectivity index (χ2v) is 3.61. The summed E-state index contributed by atoms with van der Waals surface area (Å²) >= 11 is 8.99. The largest absolute Gasteiger partial charge is 0.398 e. The smallest absolute Gasteiger partial charge is 0.147 e. The van der Waals surface area contributed by atoms with Gasteiger partial charge in [-0.2, -0.15) is 0 Å². The fraction of sp³-hybridized carbons (Fsp3) is 0.222. The molecule has 0 bridgehead atoms. The summed E-state index contributed by atoms with van der Waals surface area (Å²) in [5, 5.41) is 0.829. The van der Waals surface area contributed by atoms with Gasteiger partial charge in [-0.05, 0) is 11.6 Å². The van der Waals surface area contributed by atoms with Gasteiger partial charge in [-0.3, -0.25) is 4.79 Å². The summed E-state index contributed by atoms with van der Waals surface area (Å²) in [6.07, 6.45) is 0.328. The SMILES string of the molecule is Nc1cccc(CC(=O)CBr)c1Cl. The average molecular weight is 263 g/mol. The first-order valence-electron chi connectivity index (χ1n) is 3.75. The lowest BCUT2D eigenvalue weighted by Crippen LogP contribution is -2.04. The van der Waals surface area contributed by atoms with Gasteiger partial charge < -0.3 is 5.73 Å². The molecule has 0 unspecified atom stereocenters. The van der Waals surface area contributed by atoms with Crippen molar-refractivity contribution in [2.24, 2.45) is 0 Å². The van der Waals surface area contributed by atoms with Gasteiger partial charge in [0.15, 0.2) is 0 Å². The number of alkyl halides is 1. The Labute approximate surface area is 90.2 Å². The Morgan fingerprint density at radius 1 is 1.54 bits per heavy atom. The first-order chi connectivity index (χ1) is 6.15. The van der Waals surface area contributed by atoms with Crippen LogP contribution >= 0.6 is 27.5 Å². The minimum absolute atomic E-state index is 0.0903. The molecule has 0 saturated carbocycles. The fourth-order valence-electron chi connectivity index (χ4n) is 0.996. The van der Waals surface area contributed by atoms with Crippen LogP contribution in [0.4, 0.5) is 5.69 Å². The number of carbonyl (C=O) groups excluding carboxylic acids is 1. The Kier molecular flexibility index (Phi) is 3.75. The highest BCUT2D eigenvalue weighted by Gasteiger charge is 2.07. The number of rotatable bonds is 3. The molecule has 4 heteroatoms. The summed E-state index contributed by atoms with van der Waals surface area (Å²) in [4.78, 5) is 11.1. The molecule has 0 heterocycles. The Morgan fingerprint density at radius 3 is 2.85 bits per heavy atom. The van der Waals surface area contributed by atoms with E-state index in [-0.39, 0.29) is 5.78 Å². The Hall–Kier alpha value is -0.540. The van der Waals surface area contributed by atoms with Crippen LogP contribution in [0.2, 0.25) is 5.02 Å². The molecule has 0 saturated heterocycles. The summed E-state index contributed by atoms with van der Waals surface area (Å²) in [6.45, 7) is 0. The van der Waals surface area contributed by atoms with Gasteiger partial charge in [0.25, 0.3) is 0 Å². The highest BCUT2D eigenvalue weighted by Crippen LogP contribution is 2.23. The molecule has 0 aromatic heterocycles. The van der Waals surface area contributed by atoms with E-state index in [2.05, 4.69) is 15.9 Å². The van der Waals surface area contributed by atoms with Crippen molar-refractivity contribution in [2.45, 2.75) is 6.42 Å². The van der Waals surface area contributed by atoms with Crippen LogP contribution in [0.15, 0.2) is 18.2 Å². The second kappa shape index (κ2) is 4.63. The number of hydrogen-bond acceptors (Lipinski definition) is 2. The number of benzene rings is 1. The molecule has 2 N–H and O–H groups in total. The number of carbonyl (C=O) groups is 1. The molecular formula is C9H9BrClNO. The van der Waals surface area contributed by atoms with Crippen molar-refractivity contribution >= 4 is 39.0 Å². The van der Waals surface area contributed by atoms with E-state index in [0.717, 1.165) is 5.56 Å². The summed E-state index contributed by atoms with van der Waals surface area (Å²) in [5.74, 6) is 0.0903. The lowest BCUT2D eigenvalue weighted by Gasteiger charge is -2.04. The van der Waals surface area contributed by atoms with E-state index >= 15 is 0 Å². The predicted molar refractivity (Wildman–Crippen MR) is 58.4 cm³/mol. The van der Waals surface area contributed by atoms with E-state index in [0.29, 0.717) is 22.5 Å². The van der Waals surface area contributed by atoms with Gasteiger partial charge in [-0.1, -0.05) is 39.7 Å². The second-order valence-electron chi connectivity index (χ2n) is 2.67. The number of nitrogen functional groups attached to an aromatic ring is 1. The van der Waals surface area contributed by atoms with Crippen LogP contribution in [-0.2, 0) is 11.2 Å². The zero-order valence-corrected chi connectivity index (χ0v) is 9.23. The summed E-state index contributed by atoms with van der Waals surface area (Å²) in [5.41, 5.74) is 6.88. The lowest BCUT2D eigenvalue weighted by atomic mass is 10.1. The number of anilines is 1. The first kappa shape index (κ1) is 10.5. The molecule has 0 spiro atoms.